The van der Waals surface area contributed by atoms with Gasteiger partial charge in [0.1, 0.15) is 0 Å². The lowest BCUT2D eigenvalue weighted by atomic mass is 10.3. The first-order valence-electron chi connectivity index (χ1n) is 6.67. The number of rotatable bonds is 8. The van der Waals surface area contributed by atoms with Gasteiger partial charge in [-0.2, -0.15) is 0 Å². The molecule has 2 rings (SSSR count). The third kappa shape index (κ3) is 4.19. The van der Waals surface area contributed by atoms with Gasteiger partial charge in [-0.3, -0.25) is 9.59 Å². The van der Waals surface area contributed by atoms with E-state index in [0.29, 0.717) is 30.2 Å². The molecule has 0 aliphatic rings. The summed E-state index contributed by atoms with van der Waals surface area (Å²) in [6.45, 7) is 0.694. The Bertz CT molecular complexity index is 668. The zero-order valence-corrected chi connectivity index (χ0v) is 12.1. The van der Waals surface area contributed by atoms with Crippen LogP contribution < -0.4 is 10.1 Å². The summed E-state index contributed by atoms with van der Waals surface area (Å²) in [5.74, 6) is -0.805. The van der Waals surface area contributed by atoms with E-state index in [-0.39, 0.29) is 18.9 Å². The standard InChI is InChI=1S/C14H17N3O5/c1-21-6-4-15-12(18)9-22-11-3-2-5-17-8-10(7-13(19)20)16-14(11)17/h2-3,5,8H,4,6-7,9H2,1H3,(H,15,18)(H,19,20). The molecule has 22 heavy (non-hydrogen) atoms. The quantitative estimate of drug-likeness (QED) is 0.671. The van der Waals surface area contributed by atoms with Gasteiger partial charge < -0.3 is 24.3 Å². The molecule has 2 aromatic heterocycles. The Hall–Kier alpha value is -2.61. The van der Waals surface area contributed by atoms with Gasteiger partial charge in [-0.05, 0) is 12.1 Å². The van der Waals surface area contributed by atoms with Crippen molar-refractivity contribution >= 4 is 17.5 Å². The van der Waals surface area contributed by atoms with E-state index in [1.807, 2.05) is 0 Å². The molecule has 0 radical (unpaired) electrons. The molecule has 118 valence electrons. The Morgan fingerprint density at radius 2 is 2.27 bits per heavy atom. The number of carboxylic acids is 1. The largest absolute Gasteiger partial charge is 0.481 e. The lowest BCUT2D eigenvalue weighted by molar-refractivity contribution is -0.136. The minimum absolute atomic E-state index is 0.148. The third-order valence-corrected chi connectivity index (χ3v) is 2.82. The lowest BCUT2D eigenvalue weighted by Crippen LogP contribution is -2.31. The molecule has 0 aliphatic heterocycles. The Morgan fingerprint density at radius 3 is 3.00 bits per heavy atom. The number of aromatic nitrogens is 2. The monoisotopic (exact) mass is 307 g/mol. The Labute approximate surface area is 126 Å². The van der Waals surface area contributed by atoms with Gasteiger partial charge in [-0.25, -0.2) is 4.98 Å². The first kappa shape index (κ1) is 15.8. The van der Waals surface area contributed by atoms with Crippen molar-refractivity contribution in [2.75, 3.05) is 26.9 Å². The second-order valence-corrected chi connectivity index (χ2v) is 4.54. The van der Waals surface area contributed by atoms with E-state index < -0.39 is 5.97 Å². The van der Waals surface area contributed by atoms with Gasteiger partial charge in [-0.1, -0.05) is 0 Å². The molecular formula is C14H17N3O5. The second-order valence-electron chi connectivity index (χ2n) is 4.54. The first-order chi connectivity index (χ1) is 10.6. The minimum Gasteiger partial charge on any atom is -0.481 e. The fourth-order valence-electron chi connectivity index (χ4n) is 1.88. The van der Waals surface area contributed by atoms with Crippen LogP contribution in [0.2, 0.25) is 0 Å². The molecule has 2 heterocycles. The molecule has 1 amide bonds. The van der Waals surface area contributed by atoms with Crippen LogP contribution in [0.5, 0.6) is 5.75 Å². The third-order valence-electron chi connectivity index (χ3n) is 2.82. The van der Waals surface area contributed by atoms with Crippen LogP contribution in [-0.2, 0) is 20.7 Å². The van der Waals surface area contributed by atoms with E-state index in [1.165, 1.54) is 0 Å². The summed E-state index contributed by atoms with van der Waals surface area (Å²) < 4.78 is 11.9. The van der Waals surface area contributed by atoms with Gasteiger partial charge in [0.05, 0.1) is 18.7 Å². The second kappa shape index (κ2) is 7.41. The number of nitrogens with one attached hydrogen (secondary N) is 1. The molecule has 0 bridgehead atoms. The molecule has 2 N–H and O–H groups in total. The number of carbonyl (C=O) groups excluding carboxylic acids is 1. The lowest BCUT2D eigenvalue weighted by Gasteiger charge is -2.07. The van der Waals surface area contributed by atoms with Gasteiger partial charge in [0.2, 0.25) is 0 Å². The average molecular weight is 307 g/mol. The van der Waals surface area contributed by atoms with Crippen LogP contribution >= 0.6 is 0 Å². The van der Waals surface area contributed by atoms with Gasteiger partial charge >= 0.3 is 5.97 Å². The Kier molecular flexibility index (Phi) is 5.31. The maximum atomic E-state index is 11.6. The number of aliphatic carboxylic acids is 1. The normalized spacial score (nSPS) is 10.6. The van der Waals surface area contributed by atoms with Gasteiger partial charge in [-0.15, -0.1) is 0 Å². The van der Waals surface area contributed by atoms with Crippen LogP contribution in [-0.4, -0.2) is 53.2 Å². The van der Waals surface area contributed by atoms with Crippen molar-refractivity contribution in [2.45, 2.75) is 6.42 Å². The minimum atomic E-state index is -0.955. The van der Waals surface area contributed by atoms with Crippen LogP contribution in [0.3, 0.4) is 0 Å². The maximum Gasteiger partial charge on any atom is 0.309 e. The Balaban J connectivity index is 2.03. The van der Waals surface area contributed by atoms with E-state index in [2.05, 4.69) is 10.3 Å². The number of amides is 1. The molecule has 0 spiro atoms. The molecule has 0 aliphatic carbocycles. The van der Waals surface area contributed by atoms with Crippen LogP contribution in [0.25, 0.3) is 5.65 Å². The van der Waals surface area contributed by atoms with Gasteiger partial charge in [0.15, 0.2) is 18.0 Å². The summed E-state index contributed by atoms with van der Waals surface area (Å²) in [6, 6.07) is 3.41. The summed E-state index contributed by atoms with van der Waals surface area (Å²) in [5.41, 5.74) is 0.900. The molecule has 0 aromatic carbocycles. The summed E-state index contributed by atoms with van der Waals surface area (Å²) in [5, 5.41) is 11.4. The highest BCUT2D eigenvalue weighted by atomic mass is 16.5. The van der Waals surface area contributed by atoms with E-state index in [4.69, 9.17) is 14.6 Å². The van der Waals surface area contributed by atoms with Crippen LogP contribution in [0.4, 0.5) is 0 Å². The predicted octanol–water partition coefficient (Wildman–Crippen LogP) is 0.103. The van der Waals surface area contributed by atoms with E-state index in [9.17, 15) is 9.59 Å². The number of imidazole rings is 1. The highest BCUT2D eigenvalue weighted by Gasteiger charge is 2.11. The molecular weight excluding hydrogens is 290 g/mol. The fraction of sp³-hybridized carbons (Fsp3) is 0.357. The summed E-state index contributed by atoms with van der Waals surface area (Å²) in [6.07, 6.45) is 3.19. The molecule has 8 heteroatoms. The van der Waals surface area contributed by atoms with E-state index >= 15 is 0 Å². The van der Waals surface area contributed by atoms with Crippen molar-refractivity contribution < 1.29 is 24.2 Å². The van der Waals surface area contributed by atoms with Crippen molar-refractivity contribution in [3.8, 4) is 5.75 Å². The van der Waals surface area contributed by atoms with Crippen molar-refractivity contribution in [1.29, 1.82) is 0 Å². The number of hydrogen-bond acceptors (Lipinski definition) is 5. The van der Waals surface area contributed by atoms with Crippen molar-refractivity contribution in [2.24, 2.45) is 0 Å². The SMILES string of the molecule is COCCNC(=O)COc1cccn2cc(CC(=O)O)nc12. The summed E-state index contributed by atoms with van der Waals surface area (Å²) in [7, 11) is 1.55. The van der Waals surface area contributed by atoms with E-state index in [0.717, 1.165) is 0 Å². The number of ether oxygens (including phenoxy) is 2. The maximum absolute atomic E-state index is 11.6. The Morgan fingerprint density at radius 1 is 1.45 bits per heavy atom. The van der Waals surface area contributed by atoms with E-state index in [1.54, 1.807) is 36.0 Å². The van der Waals surface area contributed by atoms with Gasteiger partial charge in [0.25, 0.3) is 5.91 Å². The number of pyridine rings is 1. The van der Waals surface area contributed by atoms with Crippen LogP contribution in [0.1, 0.15) is 5.69 Å². The van der Waals surface area contributed by atoms with Crippen molar-refractivity contribution in [3.63, 3.8) is 0 Å². The van der Waals surface area contributed by atoms with Crippen LogP contribution in [0.15, 0.2) is 24.5 Å². The average Bonchev–Trinajstić information content (AvgIpc) is 2.87. The molecule has 2 aromatic rings. The zero-order chi connectivity index (χ0) is 15.9. The number of hydrogen-bond donors (Lipinski definition) is 2. The highest BCUT2D eigenvalue weighted by Crippen LogP contribution is 2.19. The molecule has 0 saturated heterocycles. The smallest absolute Gasteiger partial charge is 0.309 e. The van der Waals surface area contributed by atoms with Gasteiger partial charge in [0, 0.05) is 26.0 Å². The molecule has 0 unspecified atom stereocenters. The number of methoxy groups -OCH3 is 1. The molecule has 0 fully saturated rings. The number of carboxylic acid groups (broad SMARTS) is 1. The number of fused-ring (bicyclic) bond motifs is 1. The topological polar surface area (TPSA) is 102 Å². The summed E-state index contributed by atoms with van der Waals surface area (Å²) >= 11 is 0. The fourth-order valence-corrected chi connectivity index (χ4v) is 1.88. The highest BCUT2D eigenvalue weighted by molar-refractivity contribution is 5.77. The number of nitrogens with zero attached hydrogens (tertiary/aromatic N) is 2. The zero-order valence-electron chi connectivity index (χ0n) is 12.1. The van der Waals surface area contributed by atoms with Crippen molar-refractivity contribution in [3.05, 3.63) is 30.2 Å². The van der Waals surface area contributed by atoms with Crippen LogP contribution in [0, 0.1) is 0 Å². The number of carbonyl (C=O) groups is 2. The van der Waals surface area contributed by atoms with Crippen molar-refractivity contribution in [1.82, 2.24) is 14.7 Å². The first-order valence-corrected chi connectivity index (χ1v) is 6.67. The molecule has 0 saturated carbocycles. The molecule has 0 atom stereocenters. The predicted molar refractivity (Wildman–Crippen MR) is 76.9 cm³/mol. The molecule has 8 nitrogen and oxygen atoms in total. The summed E-state index contributed by atoms with van der Waals surface area (Å²) in [4.78, 5) is 26.5.